The smallest absolute Gasteiger partial charge is 0.188 e. The van der Waals surface area contributed by atoms with Crippen LogP contribution in [0.5, 0.6) is 0 Å². The summed E-state index contributed by atoms with van der Waals surface area (Å²) in [5.74, 6) is 1.84. The first-order valence-corrected chi connectivity index (χ1v) is 13.6. The molecule has 0 radical (unpaired) electrons. The van der Waals surface area contributed by atoms with Crippen LogP contribution in [0.15, 0.2) is 49.2 Å². The minimum Gasteiger partial charge on any atom is -0.473 e. The van der Waals surface area contributed by atoms with Crippen molar-refractivity contribution >= 4 is 0 Å². The quantitative estimate of drug-likeness (QED) is 0.0448. The maximum atomic E-state index is 6.05. The molecule has 0 saturated heterocycles. The lowest BCUT2D eigenvalue weighted by Crippen LogP contribution is -2.38. The lowest BCUT2D eigenvalue weighted by atomic mass is 9.84. The molecule has 0 unspecified atom stereocenters. The van der Waals surface area contributed by atoms with E-state index in [1.165, 1.54) is 5.57 Å². The van der Waals surface area contributed by atoms with E-state index in [0.717, 1.165) is 32.1 Å². The van der Waals surface area contributed by atoms with Crippen molar-refractivity contribution in [1.82, 2.24) is 0 Å². The number of ether oxygens (including phenoxy) is 9. The second-order valence-electron chi connectivity index (χ2n) is 9.79. The van der Waals surface area contributed by atoms with Gasteiger partial charge < -0.3 is 42.6 Å². The Morgan fingerprint density at radius 2 is 0.846 bits per heavy atom. The molecular weight excluding hydrogens is 504 g/mol. The van der Waals surface area contributed by atoms with Gasteiger partial charge in [0, 0.05) is 5.41 Å². The molecule has 0 aromatic carbocycles. The Bertz CT molecular complexity index is 593. The zero-order valence-corrected chi connectivity index (χ0v) is 25.0. The number of hydrogen-bond acceptors (Lipinski definition) is 9. The highest BCUT2D eigenvalue weighted by molar-refractivity contribution is 4.87. The molecule has 9 nitrogen and oxygen atoms in total. The van der Waals surface area contributed by atoms with Gasteiger partial charge in [-0.05, 0) is 47.0 Å². The molecule has 0 N–H and O–H groups in total. The average Bonchev–Trinajstić information content (AvgIpc) is 2.86. The third-order valence-corrected chi connectivity index (χ3v) is 5.32. The van der Waals surface area contributed by atoms with Gasteiger partial charge in [0.05, 0.1) is 76.7 Å². The van der Waals surface area contributed by atoms with E-state index in [4.69, 9.17) is 42.6 Å². The standard InChI is InChI=1S/C30H54O9/c1-26(2)12-10-9-11-13-30(20-31-14-17-34-23-37-27(3)4,21-32-15-18-35-24-38-28(5)6)22-33-16-19-36-25-39-29(7)8/h1,3,5,7,9-25H2,2,4,6,8H3. The first-order valence-electron chi connectivity index (χ1n) is 13.6. The zero-order valence-electron chi connectivity index (χ0n) is 25.0. The first kappa shape index (κ1) is 37.1. The highest BCUT2D eigenvalue weighted by Crippen LogP contribution is 2.28. The average molecular weight is 559 g/mol. The molecule has 0 aliphatic carbocycles. The highest BCUT2D eigenvalue weighted by atomic mass is 16.7. The Hall–Kier alpha value is -1.88. The second-order valence-corrected chi connectivity index (χ2v) is 9.79. The van der Waals surface area contributed by atoms with Gasteiger partial charge in [0.2, 0.25) is 0 Å². The maximum absolute atomic E-state index is 6.05. The van der Waals surface area contributed by atoms with Gasteiger partial charge in [0.1, 0.15) is 0 Å². The fraction of sp³-hybridized carbons (Fsp3) is 0.733. The van der Waals surface area contributed by atoms with Crippen molar-refractivity contribution in [3.63, 3.8) is 0 Å². The van der Waals surface area contributed by atoms with E-state index in [-0.39, 0.29) is 25.8 Å². The predicted molar refractivity (Wildman–Crippen MR) is 153 cm³/mol. The van der Waals surface area contributed by atoms with Gasteiger partial charge in [-0.1, -0.05) is 38.2 Å². The topological polar surface area (TPSA) is 83.1 Å². The van der Waals surface area contributed by atoms with Crippen LogP contribution in [0.3, 0.4) is 0 Å². The molecule has 0 fully saturated rings. The van der Waals surface area contributed by atoms with E-state index in [1.54, 1.807) is 20.8 Å². The van der Waals surface area contributed by atoms with E-state index >= 15 is 0 Å². The van der Waals surface area contributed by atoms with E-state index < -0.39 is 0 Å². The molecule has 0 bridgehead atoms. The van der Waals surface area contributed by atoms with Crippen LogP contribution in [0.4, 0.5) is 0 Å². The van der Waals surface area contributed by atoms with Crippen LogP contribution in [-0.2, 0) is 42.6 Å². The van der Waals surface area contributed by atoms with Gasteiger partial charge in [-0.25, -0.2) is 0 Å². The van der Waals surface area contributed by atoms with Crippen LogP contribution >= 0.6 is 0 Å². The molecule has 0 aliphatic rings. The highest BCUT2D eigenvalue weighted by Gasteiger charge is 2.31. The summed E-state index contributed by atoms with van der Waals surface area (Å²) in [5.41, 5.74) is 0.873. The van der Waals surface area contributed by atoms with Crippen LogP contribution in [0.2, 0.25) is 0 Å². The van der Waals surface area contributed by atoms with Crippen LogP contribution in [-0.4, -0.2) is 79.8 Å². The molecule has 0 aromatic heterocycles. The Balaban J connectivity index is 4.92. The predicted octanol–water partition coefficient (Wildman–Crippen LogP) is 6.12. The van der Waals surface area contributed by atoms with Crippen LogP contribution in [0.1, 0.15) is 59.8 Å². The van der Waals surface area contributed by atoms with Gasteiger partial charge in [-0.15, -0.1) is 6.58 Å². The minimum atomic E-state index is -0.333. The number of rotatable bonds is 30. The summed E-state index contributed by atoms with van der Waals surface area (Å²) in [6, 6.07) is 0. The van der Waals surface area contributed by atoms with Gasteiger partial charge in [0.15, 0.2) is 20.4 Å². The van der Waals surface area contributed by atoms with Crippen molar-refractivity contribution in [1.29, 1.82) is 0 Å². The molecule has 0 aromatic rings. The van der Waals surface area contributed by atoms with E-state index in [9.17, 15) is 0 Å². The molecule has 0 heterocycles. The number of allylic oxidation sites excluding steroid dienone is 4. The first-order chi connectivity index (χ1) is 18.7. The van der Waals surface area contributed by atoms with Crippen molar-refractivity contribution in [2.75, 3.05) is 79.8 Å². The second kappa shape index (κ2) is 25.1. The Morgan fingerprint density at radius 3 is 1.18 bits per heavy atom. The van der Waals surface area contributed by atoms with Gasteiger partial charge >= 0.3 is 0 Å². The number of hydrogen-bond donors (Lipinski definition) is 0. The molecule has 0 spiro atoms. The zero-order chi connectivity index (χ0) is 29.2. The Kier molecular flexibility index (Phi) is 23.9. The fourth-order valence-electron chi connectivity index (χ4n) is 3.27. The molecule has 0 aliphatic heterocycles. The molecule has 0 saturated carbocycles. The van der Waals surface area contributed by atoms with Crippen molar-refractivity contribution in [3.8, 4) is 0 Å². The van der Waals surface area contributed by atoms with Crippen molar-refractivity contribution in [2.45, 2.75) is 59.8 Å². The van der Waals surface area contributed by atoms with E-state index in [2.05, 4.69) is 33.2 Å². The summed E-state index contributed by atoms with van der Waals surface area (Å²) in [5, 5.41) is 0. The summed E-state index contributed by atoms with van der Waals surface area (Å²) in [7, 11) is 0. The van der Waals surface area contributed by atoms with E-state index in [0.29, 0.717) is 76.7 Å². The summed E-state index contributed by atoms with van der Waals surface area (Å²) in [6.45, 7) is 26.9. The summed E-state index contributed by atoms with van der Waals surface area (Å²) in [4.78, 5) is 0. The van der Waals surface area contributed by atoms with Crippen LogP contribution in [0, 0.1) is 5.41 Å². The van der Waals surface area contributed by atoms with Crippen molar-refractivity contribution in [3.05, 3.63) is 49.2 Å². The molecule has 9 heteroatoms. The van der Waals surface area contributed by atoms with Gasteiger partial charge in [-0.2, -0.15) is 0 Å². The van der Waals surface area contributed by atoms with E-state index in [1.807, 2.05) is 0 Å². The normalized spacial score (nSPS) is 11.3. The van der Waals surface area contributed by atoms with Crippen LogP contribution < -0.4 is 0 Å². The lowest BCUT2D eigenvalue weighted by molar-refractivity contribution is -0.108. The van der Waals surface area contributed by atoms with Gasteiger partial charge in [-0.3, -0.25) is 0 Å². The van der Waals surface area contributed by atoms with Crippen molar-refractivity contribution < 1.29 is 42.6 Å². The summed E-state index contributed by atoms with van der Waals surface area (Å²) in [6.07, 6.45) is 5.16. The largest absolute Gasteiger partial charge is 0.473 e. The third kappa shape index (κ3) is 26.1. The molecule has 0 rings (SSSR count). The van der Waals surface area contributed by atoms with Crippen LogP contribution in [0.25, 0.3) is 0 Å². The molecular formula is C30H54O9. The number of unbranched alkanes of at least 4 members (excludes halogenated alkanes) is 2. The summed E-state index contributed by atoms with van der Waals surface area (Å²) >= 11 is 0. The maximum Gasteiger partial charge on any atom is 0.188 e. The minimum absolute atomic E-state index is 0.156. The SMILES string of the molecule is C=C(C)CCCCCC(COCCOCOC(=C)C)(COCCOCOC(=C)C)COCCOCOC(=C)C. The molecule has 228 valence electrons. The third-order valence-electron chi connectivity index (χ3n) is 5.32. The Labute approximate surface area is 237 Å². The van der Waals surface area contributed by atoms with Crippen molar-refractivity contribution in [2.24, 2.45) is 5.41 Å². The molecule has 39 heavy (non-hydrogen) atoms. The fourth-order valence-corrected chi connectivity index (χ4v) is 3.27. The monoisotopic (exact) mass is 558 g/mol. The van der Waals surface area contributed by atoms with Gasteiger partial charge in [0.25, 0.3) is 0 Å². The molecule has 0 amide bonds. The Morgan fingerprint density at radius 1 is 0.487 bits per heavy atom. The summed E-state index contributed by atoms with van der Waals surface area (Å²) < 4.78 is 50.2. The lowest BCUT2D eigenvalue weighted by Gasteiger charge is -2.33. The molecule has 0 atom stereocenters.